The number of carbonyl (C=O) groups excluding carboxylic acids is 1. The summed E-state index contributed by atoms with van der Waals surface area (Å²) < 4.78 is 0. The van der Waals surface area contributed by atoms with E-state index >= 15 is 0 Å². The molecule has 0 atom stereocenters. The number of aromatic carboxylic acids is 1. The van der Waals surface area contributed by atoms with Gasteiger partial charge < -0.3 is 20.4 Å². The van der Waals surface area contributed by atoms with E-state index in [2.05, 4.69) is 10.3 Å². The number of rotatable bonds is 5. The van der Waals surface area contributed by atoms with Crippen LogP contribution in [0.15, 0.2) is 18.3 Å². The van der Waals surface area contributed by atoms with Gasteiger partial charge in [-0.1, -0.05) is 6.07 Å². The minimum atomic E-state index is -1.08. The largest absolute Gasteiger partial charge is 0.477 e. The molecular weight excluding hydrogens is 274 g/mol. The van der Waals surface area contributed by atoms with Crippen molar-refractivity contribution in [3.8, 4) is 0 Å². The number of carboxylic acids is 1. The molecule has 1 saturated carbocycles. The minimum absolute atomic E-state index is 0.0225. The lowest BCUT2D eigenvalue weighted by Crippen LogP contribution is -2.43. The first-order valence-electron chi connectivity index (χ1n) is 6.81. The molecule has 1 aromatic heterocycles. The Morgan fingerprint density at radius 1 is 1.43 bits per heavy atom. The third-order valence-corrected chi connectivity index (χ3v) is 3.58. The molecule has 1 heterocycles. The fourth-order valence-corrected chi connectivity index (χ4v) is 2.29. The maximum absolute atomic E-state index is 11.9. The van der Waals surface area contributed by atoms with Gasteiger partial charge in [-0.25, -0.2) is 14.6 Å². The Kier molecular flexibility index (Phi) is 4.74. The van der Waals surface area contributed by atoms with Crippen LogP contribution in [-0.2, 0) is 6.54 Å². The van der Waals surface area contributed by atoms with E-state index in [1.54, 1.807) is 18.0 Å². The summed E-state index contributed by atoms with van der Waals surface area (Å²) >= 11 is 0. The molecule has 0 aliphatic heterocycles. The van der Waals surface area contributed by atoms with Crippen molar-refractivity contribution in [3.63, 3.8) is 0 Å². The van der Waals surface area contributed by atoms with Gasteiger partial charge in [0.15, 0.2) is 0 Å². The number of hydrogen-bond donors (Lipinski definition) is 3. The van der Waals surface area contributed by atoms with Gasteiger partial charge in [0.25, 0.3) is 0 Å². The SMILES string of the molecule is CN(CC1CC(O)C1)C(=O)NCc1ccc(C(=O)O)nc1. The van der Waals surface area contributed by atoms with Gasteiger partial charge in [0.05, 0.1) is 6.10 Å². The Hall–Kier alpha value is -2.15. The van der Waals surface area contributed by atoms with E-state index in [4.69, 9.17) is 5.11 Å². The molecule has 1 aromatic rings. The fraction of sp³-hybridized carbons (Fsp3) is 0.500. The number of nitrogens with one attached hydrogen (secondary N) is 1. The van der Waals surface area contributed by atoms with Crippen LogP contribution in [0.4, 0.5) is 4.79 Å². The highest BCUT2D eigenvalue weighted by molar-refractivity contribution is 5.85. The summed E-state index contributed by atoms with van der Waals surface area (Å²) in [6.07, 6.45) is 2.72. The number of amides is 2. The normalized spacial score (nSPS) is 20.5. The lowest BCUT2D eigenvalue weighted by atomic mass is 9.82. The van der Waals surface area contributed by atoms with Gasteiger partial charge in [-0.3, -0.25) is 0 Å². The van der Waals surface area contributed by atoms with Crippen LogP contribution in [-0.4, -0.2) is 51.8 Å². The molecule has 0 bridgehead atoms. The van der Waals surface area contributed by atoms with Crippen molar-refractivity contribution in [2.24, 2.45) is 5.92 Å². The second-order valence-corrected chi connectivity index (χ2v) is 5.39. The molecule has 114 valence electrons. The number of aromatic nitrogens is 1. The molecule has 3 N–H and O–H groups in total. The quantitative estimate of drug-likeness (QED) is 0.741. The van der Waals surface area contributed by atoms with Crippen LogP contribution < -0.4 is 5.32 Å². The maximum atomic E-state index is 11.9. The molecule has 0 spiro atoms. The average Bonchev–Trinajstić information content (AvgIpc) is 2.43. The van der Waals surface area contributed by atoms with Crippen molar-refractivity contribution < 1.29 is 19.8 Å². The predicted molar refractivity (Wildman–Crippen MR) is 74.8 cm³/mol. The van der Waals surface area contributed by atoms with Gasteiger partial charge >= 0.3 is 12.0 Å². The Labute approximate surface area is 122 Å². The summed E-state index contributed by atoms with van der Waals surface area (Å²) in [6, 6.07) is 2.83. The topological polar surface area (TPSA) is 103 Å². The smallest absolute Gasteiger partial charge is 0.354 e. The molecule has 0 saturated heterocycles. The Balaban J connectivity index is 1.76. The molecule has 1 fully saturated rings. The van der Waals surface area contributed by atoms with E-state index in [1.807, 2.05) is 0 Å². The third kappa shape index (κ3) is 4.16. The van der Waals surface area contributed by atoms with E-state index < -0.39 is 5.97 Å². The first kappa shape index (κ1) is 15.2. The molecule has 0 unspecified atom stereocenters. The van der Waals surface area contributed by atoms with Crippen LogP contribution in [0.5, 0.6) is 0 Å². The Morgan fingerprint density at radius 2 is 2.14 bits per heavy atom. The number of aliphatic hydroxyl groups excluding tert-OH is 1. The second-order valence-electron chi connectivity index (χ2n) is 5.39. The lowest BCUT2D eigenvalue weighted by molar-refractivity contribution is 0.0325. The van der Waals surface area contributed by atoms with Crippen molar-refractivity contribution in [2.45, 2.75) is 25.5 Å². The molecular formula is C14H19N3O4. The Bertz CT molecular complexity index is 511. The zero-order valence-corrected chi connectivity index (χ0v) is 11.8. The highest BCUT2D eigenvalue weighted by Crippen LogP contribution is 2.27. The number of carboxylic acid groups (broad SMARTS) is 1. The van der Waals surface area contributed by atoms with Crippen molar-refractivity contribution in [2.75, 3.05) is 13.6 Å². The fourth-order valence-electron chi connectivity index (χ4n) is 2.29. The van der Waals surface area contributed by atoms with E-state index in [9.17, 15) is 14.7 Å². The van der Waals surface area contributed by atoms with Gasteiger partial charge in [0, 0.05) is 26.3 Å². The van der Waals surface area contributed by atoms with Crippen LogP contribution in [0, 0.1) is 5.92 Å². The molecule has 21 heavy (non-hydrogen) atoms. The third-order valence-electron chi connectivity index (χ3n) is 3.58. The molecule has 0 aromatic carbocycles. The van der Waals surface area contributed by atoms with E-state index in [0.29, 0.717) is 19.0 Å². The van der Waals surface area contributed by atoms with Crippen molar-refractivity contribution in [1.82, 2.24) is 15.2 Å². The molecule has 2 amide bonds. The summed E-state index contributed by atoms with van der Waals surface area (Å²) in [5.74, 6) is -0.708. The number of carbonyl (C=O) groups is 2. The highest BCUT2D eigenvalue weighted by Gasteiger charge is 2.28. The predicted octanol–water partition coefficient (Wildman–Crippen LogP) is 0.692. The average molecular weight is 293 g/mol. The maximum Gasteiger partial charge on any atom is 0.354 e. The van der Waals surface area contributed by atoms with Crippen LogP contribution in [0.2, 0.25) is 0 Å². The Morgan fingerprint density at radius 3 is 2.67 bits per heavy atom. The number of nitrogens with zero attached hydrogens (tertiary/aromatic N) is 2. The number of pyridine rings is 1. The highest BCUT2D eigenvalue weighted by atomic mass is 16.4. The number of aliphatic hydroxyl groups is 1. The first-order chi connectivity index (χ1) is 9.95. The second kappa shape index (κ2) is 6.53. The van der Waals surface area contributed by atoms with Gasteiger partial charge in [-0.05, 0) is 30.4 Å². The summed E-state index contributed by atoms with van der Waals surface area (Å²) in [7, 11) is 1.71. The standard InChI is InChI=1S/C14H19N3O4/c1-17(8-10-4-11(18)5-10)14(21)16-7-9-2-3-12(13(19)20)15-6-9/h2-3,6,10-11,18H,4-5,7-8H2,1H3,(H,16,21)(H,19,20). The number of hydrogen-bond acceptors (Lipinski definition) is 4. The van der Waals surface area contributed by atoms with E-state index in [0.717, 1.165) is 18.4 Å². The minimum Gasteiger partial charge on any atom is -0.477 e. The van der Waals surface area contributed by atoms with Crippen LogP contribution in [0.1, 0.15) is 28.9 Å². The van der Waals surface area contributed by atoms with E-state index in [1.165, 1.54) is 12.3 Å². The monoisotopic (exact) mass is 293 g/mol. The van der Waals surface area contributed by atoms with Crippen LogP contribution >= 0.6 is 0 Å². The number of urea groups is 1. The van der Waals surface area contributed by atoms with Crippen LogP contribution in [0.25, 0.3) is 0 Å². The van der Waals surface area contributed by atoms with Crippen LogP contribution in [0.3, 0.4) is 0 Å². The summed E-state index contributed by atoms with van der Waals surface area (Å²) in [5, 5.41) is 20.7. The lowest BCUT2D eigenvalue weighted by Gasteiger charge is -2.34. The van der Waals surface area contributed by atoms with Crippen molar-refractivity contribution in [3.05, 3.63) is 29.6 Å². The molecule has 7 heteroatoms. The summed E-state index contributed by atoms with van der Waals surface area (Å²) in [5.41, 5.74) is 0.714. The summed E-state index contributed by atoms with van der Waals surface area (Å²) in [6.45, 7) is 0.919. The zero-order chi connectivity index (χ0) is 15.4. The molecule has 7 nitrogen and oxygen atoms in total. The molecule has 2 rings (SSSR count). The van der Waals surface area contributed by atoms with Crippen molar-refractivity contribution >= 4 is 12.0 Å². The van der Waals surface area contributed by atoms with Gasteiger partial charge in [0.2, 0.25) is 0 Å². The molecule has 0 radical (unpaired) electrons. The van der Waals surface area contributed by atoms with Gasteiger partial charge in [-0.2, -0.15) is 0 Å². The zero-order valence-electron chi connectivity index (χ0n) is 11.8. The molecule has 1 aliphatic rings. The van der Waals surface area contributed by atoms with Crippen molar-refractivity contribution in [1.29, 1.82) is 0 Å². The van der Waals surface area contributed by atoms with Gasteiger partial charge in [-0.15, -0.1) is 0 Å². The van der Waals surface area contributed by atoms with E-state index in [-0.39, 0.29) is 17.8 Å². The van der Waals surface area contributed by atoms with Gasteiger partial charge in [0.1, 0.15) is 5.69 Å². The first-order valence-corrected chi connectivity index (χ1v) is 6.81. The molecule has 1 aliphatic carbocycles. The summed E-state index contributed by atoms with van der Waals surface area (Å²) in [4.78, 5) is 27.9.